The summed E-state index contributed by atoms with van der Waals surface area (Å²) in [6.45, 7) is 8.04. The van der Waals surface area contributed by atoms with Crippen LogP contribution in [0, 0.1) is 0 Å². The zero-order valence-corrected chi connectivity index (χ0v) is 12.5. The maximum atomic E-state index is 5.91. The van der Waals surface area contributed by atoms with Crippen LogP contribution in [0.1, 0.15) is 19.4 Å². The monoisotopic (exact) mass is 292 g/mol. The zero-order chi connectivity index (χ0) is 15.0. The van der Waals surface area contributed by atoms with Crippen molar-refractivity contribution in [1.29, 1.82) is 0 Å². The predicted octanol–water partition coefficient (Wildman–Crippen LogP) is 2.60. The summed E-state index contributed by atoms with van der Waals surface area (Å²) in [7, 11) is 1.64. The van der Waals surface area contributed by atoms with Gasteiger partial charge in [0.1, 0.15) is 17.6 Å². The first-order valence-corrected chi connectivity index (χ1v) is 6.94. The Morgan fingerprint density at radius 1 is 1.19 bits per heavy atom. The minimum absolute atomic E-state index is 0.272. The highest BCUT2D eigenvalue weighted by Gasteiger charge is 2.53. The summed E-state index contributed by atoms with van der Waals surface area (Å²) in [5, 5.41) is 0. The highest BCUT2D eigenvalue weighted by atomic mass is 16.8. The first kappa shape index (κ1) is 14.4. The minimum Gasteiger partial charge on any atom is -0.497 e. The molecule has 0 amide bonds. The van der Waals surface area contributed by atoms with Gasteiger partial charge in [-0.3, -0.25) is 0 Å². The second-order valence-corrected chi connectivity index (χ2v) is 5.63. The van der Waals surface area contributed by atoms with Crippen LogP contribution in [0.15, 0.2) is 36.6 Å². The third kappa shape index (κ3) is 2.90. The Kier molecular flexibility index (Phi) is 3.65. The Labute approximate surface area is 124 Å². The van der Waals surface area contributed by atoms with Crippen LogP contribution in [-0.2, 0) is 25.6 Å². The van der Waals surface area contributed by atoms with E-state index in [-0.39, 0.29) is 12.2 Å². The molecular weight excluding hydrogens is 272 g/mol. The Hall–Kier alpha value is -1.56. The van der Waals surface area contributed by atoms with Gasteiger partial charge in [0.05, 0.1) is 13.7 Å². The lowest BCUT2D eigenvalue weighted by atomic mass is 10.2. The van der Waals surface area contributed by atoms with Crippen LogP contribution in [0.3, 0.4) is 0 Å². The van der Waals surface area contributed by atoms with Crippen LogP contribution >= 0.6 is 0 Å². The fourth-order valence-electron chi connectivity index (χ4n) is 2.55. The van der Waals surface area contributed by atoms with E-state index in [1.54, 1.807) is 7.11 Å². The van der Waals surface area contributed by atoms with E-state index in [4.69, 9.17) is 23.7 Å². The molecule has 1 aromatic rings. The maximum absolute atomic E-state index is 5.91. The number of fused-ring (bicyclic) bond motifs is 1. The molecule has 2 aliphatic rings. The lowest BCUT2D eigenvalue weighted by Crippen LogP contribution is -2.31. The van der Waals surface area contributed by atoms with Gasteiger partial charge in [0.2, 0.25) is 6.29 Å². The van der Waals surface area contributed by atoms with Gasteiger partial charge in [0.15, 0.2) is 11.9 Å². The second kappa shape index (κ2) is 5.33. The normalized spacial score (nSPS) is 30.0. The summed E-state index contributed by atoms with van der Waals surface area (Å²) < 4.78 is 28.1. The van der Waals surface area contributed by atoms with Crippen molar-refractivity contribution in [2.45, 2.75) is 44.7 Å². The van der Waals surface area contributed by atoms with Gasteiger partial charge in [-0.15, -0.1) is 0 Å². The van der Waals surface area contributed by atoms with Crippen LogP contribution in [0.5, 0.6) is 5.75 Å². The summed E-state index contributed by atoms with van der Waals surface area (Å²) in [5.74, 6) is 0.716. The molecule has 2 saturated heterocycles. The molecule has 0 unspecified atom stereocenters. The zero-order valence-electron chi connectivity index (χ0n) is 12.5. The highest BCUT2D eigenvalue weighted by Crippen LogP contribution is 2.39. The molecule has 21 heavy (non-hydrogen) atoms. The Morgan fingerprint density at radius 2 is 1.90 bits per heavy atom. The summed E-state index contributed by atoms with van der Waals surface area (Å²) in [4.78, 5) is 0. The van der Waals surface area contributed by atoms with Crippen LogP contribution in [0.2, 0.25) is 0 Å². The summed E-state index contributed by atoms with van der Waals surface area (Å²) in [6.07, 6.45) is -1.03. The van der Waals surface area contributed by atoms with Gasteiger partial charge in [-0.25, -0.2) is 0 Å². The second-order valence-electron chi connectivity index (χ2n) is 5.63. The van der Waals surface area contributed by atoms with Crippen molar-refractivity contribution < 1.29 is 23.7 Å². The molecule has 0 N–H and O–H groups in total. The van der Waals surface area contributed by atoms with Crippen molar-refractivity contribution in [3.05, 3.63) is 42.2 Å². The van der Waals surface area contributed by atoms with E-state index in [2.05, 4.69) is 6.58 Å². The van der Waals surface area contributed by atoms with E-state index in [9.17, 15) is 0 Å². The molecule has 2 fully saturated rings. The van der Waals surface area contributed by atoms with Crippen molar-refractivity contribution in [1.82, 2.24) is 0 Å². The van der Waals surface area contributed by atoms with E-state index >= 15 is 0 Å². The number of hydrogen-bond donors (Lipinski definition) is 0. The summed E-state index contributed by atoms with van der Waals surface area (Å²) in [6, 6.07) is 7.73. The van der Waals surface area contributed by atoms with Gasteiger partial charge in [-0.05, 0) is 31.5 Å². The molecule has 5 heteroatoms. The van der Waals surface area contributed by atoms with Gasteiger partial charge >= 0.3 is 0 Å². The number of ether oxygens (including phenoxy) is 5. The average Bonchev–Trinajstić information content (AvgIpc) is 2.88. The predicted molar refractivity (Wildman–Crippen MR) is 75.6 cm³/mol. The topological polar surface area (TPSA) is 46.2 Å². The molecule has 5 nitrogen and oxygen atoms in total. The summed E-state index contributed by atoms with van der Waals surface area (Å²) >= 11 is 0. The average molecular weight is 292 g/mol. The molecule has 0 bridgehead atoms. The SMILES string of the molecule is C=C1O[C@@H]2OC(C)(C)O[C@@H]2[C@H]1OCc1ccc(OC)cc1. The van der Waals surface area contributed by atoms with Crippen molar-refractivity contribution in [3.63, 3.8) is 0 Å². The molecule has 3 rings (SSSR count). The third-order valence-electron chi connectivity index (χ3n) is 3.56. The molecule has 0 radical (unpaired) electrons. The van der Waals surface area contributed by atoms with Gasteiger partial charge in [-0.2, -0.15) is 0 Å². The molecule has 0 saturated carbocycles. The van der Waals surface area contributed by atoms with E-state index in [0.717, 1.165) is 11.3 Å². The van der Waals surface area contributed by atoms with Crippen molar-refractivity contribution in [3.8, 4) is 5.75 Å². The van der Waals surface area contributed by atoms with Gasteiger partial charge in [-0.1, -0.05) is 18.7 Å². The van der Waals surface area contributed by atoms with Gasteiger partial charge in [0.25, 0.3) is 0 Å². The van der Waals surface area contributed by atoms with E-state index in [1.165, 1.54) is 0 Å². The van der Waals surface area contributed by atoms with Crippen LogP contribution in [0.4, 0.5) is 0 Å². The first-order valence-electron chi connectivity index (χ1n) is 6.94. The van der Waals surface area contributed by atoms with Gasteiger partial charge in [0, 0.05) is 0 Å². The van der Waals surface area contributed by atoms with Crippen molar-refractivity contribution in [2.24, 2.45) is 0 Å². The number of rotatable bonds is 4. The van der Waals surface area contributed by atoms with Gasteiger partial charge < -0.3 is 23.7 Å². The Bertz CT molecular complexity index is 522. The van der Waals surface area contributed by atoms with Crippen molar-refractivity contribution in [2.75, 3.05) is 7.11 Å². The maximum Gasteiger partial charge on any atom is 0.231 e. The first-order chi connectivity index (χ1) is 9.98. The van der Waals surface area contributed by atoms with Crippen LogP contribution in [-0.4, -0.2) is 31.4 Å². The van der Waals surface area contributed by atoms with Crippen LogP contribution in [0.25, 0.3) is 0 Å². The highest BCUT2D eigenvalue weighted by molar-refractivity contribution is 5.26. The van der Waals surface area contributed by atoms with Crippen molar-refractivity contribution >= 4 is 0 Å². The largest absolute Gasteiger partial charge is 0.497 e. The smallest absolute Gasteiger partial charge is 0.231 e. The molecule has 3 atom stereocenters. The molecule has 2 heterocycles. The minimum atomic E-state index is -0.655. The molecule has 0 aliphatic carbocycles. The molecule has 0 aromatic heterocycles. The Balaban J connectivity index is 1.62. The molecule has 1 aromatic carbocycles. The third-order valence-corrected chi connectivity index (χ3v) is 3.56. The molecule has 114 valence electrons. The quantitative estimate of drug-likeness (QED) is 0.853. The van der Waals surface area contributed by atoms with E-state index in [0.29, 0.717) is 12.4 Å². The summed E-state index contributed by atoms with van der Waals surface area (Å²) in [5.41, 5.74) is 1.05. The van der Waals surface area contributed by atoms with E-state index < -0.39 is 12.1 Å². The fourth-order valence-corrected chi connectivity index (χ4v) is 2.55. The lowest BCUT2D eigenvalue weighted by molar-refractivity contribution is -0.191. The fraction of sp³-hybridized carbons (Fsp3) is 0.500. The molecular formula is C16H20O5. The standard InChI is InChI=1S/C16H20O5/c1-10-13(14-15(19-10)21-16(2,3)20-14)18-9-11-5-7-12(17-4)8-6-11/h5-8,13-15H,1,9H2,2-4H3/t13-,14+,15+/m0/s1. The number of methoxy groups -OCH3 is 1. The lowest BCUT2D eigenvalue weighted by Gasteiger charge is -2.21. The Morgan fingerprint density at radius 3 is 2.57 bits per heavy atom. The molecule has 0 spiro atoms. The molecule has 2 aliphatic heterocycles. The number of benzene rings is 1. The number of hydrogen-bond acceptors (Lipinski definition) is 5. The van der Waals surface area contributed by atoms with Crippen LogP contribution < -0.4 is 4.74 Å². The van der Waals surface area contributed by atoms with E-state index in [1.807, 2.05) is 38.1 Å².